The van der Waals surface area contributed by atoms with Crippen LogP contribution in [0, 0.1) is 35.5 Å². The van der Waals surface area contributed by atoms with E-state index in [9.17, 15) is 0 Å². The molecule has 0 aromatic carbocycles. The number of rotatable bonds is 3. The van der Waals surface area contributed by atoms with Crippen LogP contribution >= 0.6 is 0 Å². The third-order valence-corrected chi connectivity index (χ3v) is 5.00. The van der Waals surface area contributed by atoms with Gasteiger partial charge in [0.25, 0.3) is 0 Å². The van der Waals surface area contributed by atoms with E-state index in [-0.39, 0.29) is 0 Å². The largest absolute Gasteiger partial charge is 0.0651 e. The Morgan fingerprint density at radius 3 is 2.31 bits per heavy atom. The fourth-order valence-corrected chi connectivity index (χ4v) is 3.64. The van der Waals surface area contributed by atoms with Gasteiger partial charge < -0.3 is 0 Å². The molecule has 0 N–H and O–H groups in total. The Morgan fingerprint density at radius 1 is 1.23 bits per heavy atom. The van der Waals surface area contributed by atoms with E-state index >= 15 is 0 Å². The summed E-state index contributed by atoms with van der Waals surface area (Å²) >= 11 is 0. The molecule has 76 valence electrons. The lowest BCUT2D eigenvalue weighted by atomic mass is 9.71. The van der Waals surface area contributed by atoms with Crippen molar-refractivity contribution in [1.29, 1.82) is 0 Å². The molecule has 0 bridgehead atoms. The second-order valence-electron chi connectivity index (χ2n) is 5.62. The van der Waals surface area contributed by atoms with Gasteiger partial charge in [0.05, 0.1) is 0 Å². The maximum absolute atomic E-state index is 2.48. The predicted molar refractivity (Wildman–Crippen MR) is 57.5 cm³/mol. The summed E-state index contributed by atoms with van der Waals surface area (Å²) in [7, 11) is 0. The fourth-order valence-electron chi connectivity index (χ4n) is 3.64. The minimum Gasteiger partial charge on any atom is -0.0651 e. The molecule has 0 heterocycles. The highest BCUT2D eigenvalue weighted by Gasteiger charge is 2.55. The Hall–Kier alpha value is 0. The smallest absolute Gasteiger partial charge is 0.0321 e. The van der Waals surface area contributed by atoms with Crippen LogP contribution < -0.4 is 0 Å². The van der Waals surface area contributed by atoms with Crippen molar-refractivity contribution < 1.29 is 0 Å². The van der Waals surface area contributed by atoms with E-state index < -0.39 is 0 Å². The van der Waals surface area contributed by atoms with Crippen LogP contribution in [0.5, 0.6) is 0 Å². The highest BCUT2D eigenvalue weighted by Crippen LogP contribution is 2.61. The molecule has 0 aliphatic heterocycles. The summed E-state index contributed by atoms with van der Waals surface area (Å²) in [6, 6.07) is 0. The lowest BCUT2D eigenvalue weighted by molar-refractivity contribution is 0.151. The lowest BCUT2D eigenvalue weighted by Crippen LogP contribution is -2.26. The van der Waals surface area contributed by atoms with Gasteiger partial charge in [0.2, 0.25) is 0 Å². The normalized spacial score (nSPS) is 51.2. The van der Waals surface area contributed by atoms with Gasteiger partial charge in [-0.1, -0.05) is 40.5 Å². The van der Waals surface area contributed by atoms with Gasteiger partial charge in [-0.25, -0.2) is 0 Å². The van der Waals surface area contributed by atoms with Gasteiger partial charge in [-0.15, -0.1) is 0 Å². The molecule has 2 aliphatic carbocycles. The van der Waals surface area contributed by atoms with Gasteiger partial charge in [-0.3, -0.25) is 0 Å². The summed E-state index contributed by atoms with van der Waals surface area (Å²) in [5.74, 6) is 6.36. The molecule has 0 radical (unpaired) electrons. The zero-order valence-corrected chi connectivity index (χ0v) is 9.59. The summed E-state index contributed by atoms with van der Waals surface area (Å²) in [6.07, 6.45) is 4.41. The quantitative estimate of drug-likeness (QED) is 0.616. The summed E-state index contributed by atoms with van der Waals surface area (Å²) in [5.41, 5.74) is 0. The zero-order valence-electron chi connectivity index (χ0n) is 9.59. The van der Waals surface area contributed by atoms with Crippen molar-refractivity contribution in [3.8, 4) is 0 Å². The maximum Gasteiger partial charge on any atom is -0.0321 e. The monoisotopic (exact) mass is 180 g/mol. The van der Waals surface area contributed by atoms with Crippen molar-refractivity contribution in [2.45, 2.75) is 47.0 Å². The Labute approximate surface area is 83.1 Å². The van der Waals surface area contributed by atoms with Gasteiger partial charge in [-0.05, 0) is 41.9 Å². The third kappa shape index (κ3) is 1.43. The molecule has 2 rings (SSSR count). The van der Waals surface area contributed by atoms with E-state index in [1.807, 2.05) is 0 Å². The molecule has 0 heteroatoms. The molecule has 0 saturated heterocycles. The van der Waals surface area contributed by atoms with Crippen molar-refractivity contribution in [2.24, 2.45) is 35.5 Å². The predicted octanol–water partition coefficient (Wildman–Crippen LogP) is 3.96. The molecule has 2 fully saturated rings. The first-order chi connectivity index (χ1) is 6.16. The molecular weight excluding hydrogens is 156 g/mol. The van der Waals surface area contributed by atoms with Crippen LogP contribution in [-0.4, -0.2) is 0 Å². The average molecular weight is 180 g/mol. The standard InChI is InChI=1S/C13H24/c1-5-8(2)12-10(4)13(12)11-7-6-9(11)3/h8-13H,5-7H2,1-4H3. The van der Waals surface area contributed by atoms with Gasteiger partial charge in [-0.2, -0.15) is 0 Å². The topological polar surface area (TPSA) is 0 Å². The van der Waals surface area contributed by atoms with Gasteiger partial charge in [0, 0.05) is 0 Å². The number of hydrogen-bond acceptors (Lipinski definition) is 0. The molecule has 6 unspecified atom stereocenters. The molecule has 0 amide bonds. The van der Waals surface area contributed by atoms with Crippen LogP contribution in [0.3, 0.4) is 0 Å². The summed E-state index contributed by atoms with van der Waals surface area (Å²) in [5, 5.41) is 0. The second-order valence-corrected chi connectivity index (χ2v) is 5.62. The van der Waals surface area contributed by atoms with Crippen molar-refractivity contribution in [1.82, 2.24) is 0 Å². The number of hydrogen-bond donors (Lipinski definition) is 0. The molecular formula is C13H24. The first-order valence-corrected chi connectivity index (χ1v) is 6.16. The van der Waals surface area contributed by atoms with Crippen LogP contribution in [0.2, 0.25) is 0 Å². The van der Waals surface area contributed by atoms with Crippen LogP contribution in [-0.2, 0) is 0 Å². The molecule has 13 heavy (non-hydrogen) atoms. The molecule has 0 aromatic rings. The molecule has 2 aliphatic rings. The summed E-state index contributed by atoms with van der Waals surface area (Å²) in [4.78, 5) is 0. The maximum atomic E-state index is 2.48. The van der Waals surface area contributed by atoms with E-state index in [0.717, 1.165) is 35.5 Å². The van der Waals surface area contributed by atoms with Gasteiger partial charge >= 0.3 is 0 Å². The molecule has 2 saturated carbocycles. The molecule has 0 aromatic heterocycles. The minimum atomic E-state index is 0.979. The van der Waals surface area contributed by atoms with Crippen molar-refractivity contribution in [2.75, 3.05) is 0 Å². The van der Waals surface area contributed by atoms with E-state index in [2.05, 4.69) is 27.7 Å². The molecule has 0 nitrogen and oxygen atoms in total. The van der Waals surface area contributed by atoms with Crippen LogP contribution in [0.15, 0.2) is 0 Å². The SMILES string of the molecule is CCC(C)C1C(C)C1C1CCC1C. The van der Waals surface area contributed by atoms with E-state index in [1.165, 1.54) is 19.3 Å². The van der Waals surface area contributed by atoms with E-state index in [0.29, 0.717) is 0 Å². The fraction of sp³-hybridized carbons (Fsp3) is 1.00. The first kappa shape index (κ1) is 9.55. The molecule has 6 atom stereocenters. The van der Waals surface area contributed by atoms with Crippen molar-refractivity contribution in [3.05, 3.63) is 0 Å². The minimum absolute atomic E-state index is 0.979. The second kappa shape index (κ2) is 3.29. The average Bonchev–Trinajstić information content (AvgIpc) is 2.74. The summed E-state index contributed by atoms with van der Waals surface area (Å²) < 4.78 is 0. The van der Waals surface area contributed by atoms with Crippen molar-refractivity contribution >= 4 is 0 Å². The highest BCUT2D eigenvalue weighted by molar-refractivity contribution is 5.03. The van der Waals surface area contributed by atoms with Gasteiger partial charge in [0.15, 0.2) is 0 Å². The van der Waals surface area contributed by atoms with Crippen molar-refractivity contribution in [3.63, 3.8) is 0 Å². The Bertz CT molecular complexity index is 184. The Kier molecular flexibility index (Phi) is 2.42. The van der Waals surface area contributed by atoms with Crippen LogP contribution in [0.4, 0.5) is 0 Å². The van der Waals surface area contributed by atoms with Crippen LogP contribution in [0.25, 0.3) is 0 Å². The highest BCUT2D eigenvalue weighted by atomic mass is 14.6. The zero-order chi connectivity index (χ0) is 9.59. The Balaban J connectivity index is 1.89. The van der Waals surface area contributed by atoms with E-state index in [4.69, 9.17) is 0 Å². The lowest BCUT2D eigenvalue weighted by Gasteiger charge is -2.35. The molecule has 0 spiro atoms. The summed E-state index contributed by atoms with van der Waals surface area (Å²) in [6.45, 7) is 9.72. The Morgan fingerprint density at radius 2 is 1.92 bits per heavy atom. The van der Waals surface area contributed by atoms with E-state index in [1.54, 1.807) is 0 Å². The van der Waals surface area contributed by atoms with Crippen LogP contribution in [0.1, 0.15) is 47.0 Å². The van der Waals surface area contributed by atoms with Gasteiger partial charge in [0.1, 0.15) is 0 Å². The third-order valence-electron chi connectivity index (χ3n) is 5.00. The first-order valence-electron chi connectivity index (χ1n) is 6.16.